The molecule has 1 aliphatic rings. The maximum atomic E-state index is 10.1. The molecule has 0 aromatic heterocycles. The summed E-state index contributed by atoms with van der Waals surface area (Å²) in [6.07, 6.45) is 0. The molecule has 0 aromatic rings. The molecular formula is C8H16N2OS. The van der Waals surface area contributed by atoms with Gasteiger partial charge in [-0.1, -0.05) is 26.1 Å². The Kier molecular flexibility index (Phi) is 2.19. The minimum atomic E-state index is -0.760. The third kappa shape index (κ3) is 1.34. The molecule has 0 bridgehead atoms. The summed E-state index contributed by atoms with van der Waals surface area (Å²) in [6, 6.07) is 0. The lowest BCUT2D eigenvalue weighted by atomic mass is 9.74. The Balaban J connectivity index is 2.94. The molecule has 12 heavy (non-hydrogen) atoms. The largest absolute Gasteiger partial charge is 0.388 e. The third-order valence-corrected chi connectivity index (χ3v) is 3.35. The Labute approximate surface area is 78.7 Å². The first-order valence-corrected chi connectivity index (χ1v) is 4.43. The molecule has 3 nitrogen and oxygen atoms in total. The molecule has 0 spiro atoms. The highest BCUT2D eigenvalue weighted by molar-refractivity contribution is 7.80. The topological polar surface area (TPSA) is 35.5 Å². The van der Waals surface area contributed by atoms with Crippen molar-refractivity contribution < 1.29 is 5.11 Å². The predicted octanol–water partition coefficient (Wildman–Crippen LogP) is 0.541. The van der Waals surface area contributed by atoms with E-state index in [1.165, 1.54) is 0 Å². The lowest BCUT2D eigenvalue weighted by Gasteiger charge is -2.48. The van der Waals surface area contributed by atoms with Gasteiger partial charge in [0.1, 0.15) is 0 Å². The minimum absolute atomic E-state index is 0.352. The number of hydrogen-bond acceptors (Lipinski definition) is 3. The van der Waals surface area contributed by atoms with Gasteiger partial charge in [-0.05, 0) is 6.92 Å². The summed E-state index contributed by atoms with van der Waals surface area (Å²) in [5, 5.41) is 11.9. The van der Waals surface area contributed by atoms with Crippen LogP contribution in [0.2, 0.25) is 0 Å². The summed E-state index contributed by atoms with van der Waals surface area (Å²) in [7, 11) is 1.87. The van der Waals surface area contributed by atoms with Crippen LogP contribution >= 0.6 is 12.2 Å². The Hall–Kier alpha value is -0.190. The zero-order chi connectivity index (χ0) is 9.57. The normalized spacial score (nSPS) is 36.2. The van der Waals surface area contributed by atoms with Gasteiger partial charge in [-0.15, -0.1) is 0 Å². The number of hydrazine groups is 1. The fourth-order valence-electron chi connectivity index (χ4n) is 1.26. The van der Waals surface area contributed by atoms with Crippen LogP contribution in [0.25, 0.3) is 0 Å². The number of thiocarbonyl (C=S) groups is 1. The van der Waals surface area contributed by atoms with E-state index in [0.717, 1.165) is 0 Å². The minimum Gasteiger partial charge on any atom is -0.388 e. The molecule has 0 saturated carbocycles. The van der Waals surface area contributed by atoms with Gasteiger partial charge in [-0.25, -0.2) is 5.01 Å². The first kappa shape index (κ1) is 9.89. The number of aliphatic hydroxyl groups is 1. The zero-order valence-electron chi connectivity index (χ0n) is 8.01. The van der Waals surface area contributed by atoms with E-state index >= 15 is 0 Å². The molecule has 1 fully saturated rings. The van der Waals surface area contributed by atoms with E-state index < -0.39 is 5.60 Å². The van der Waals surface area contributed by atoms with E-state index in [-0.39, 0.29) is 5.41 Å². The van der Waals surface area contributed by atoms with Crippen LogP contribution in [0.4, 0.5) is 0 Å². The number of nitrogens with zero attached hydrogens (tertiary/aromatic N) is 1. The van der Waals surface area contributed by atoms with Crippen LogP contribution in [-0.4, -0.2) is 34.3 Å². The highest BCUT2D eigenvalue weighted by atomic mass is 32.1. The molecule has 0 amide bonds. The van der Waals surface area contributed by atoms with E-state index in [2.05, 4.69) is 5.43 Å². The predicted molar refractivity (Wildman–Crippen MR) is 52.8 cm³/mol. The molecule has 0 aliphatic carbocycles. The second kappa shape index (κ2) is 2.65. The molecule has 1 aliphatic heterocycles. The van der Waals surface area contributed by atoms with E-state index in [4.69, 9.17) is 12.2 Å². The van der Waals surface area contributed by atoms with Gasteiger partial charge in [-0.3, -0.25) is 0 Å². The summed E-state index contributed by atoms with van der Waals surface area (Å²) < 4.78 is 0. The van der Waals surface area contributed by atoms with Gasteiger partial charge in [0.2, 0.25) is 0 Å². The molecule has 1 rings (SSSR count). The van der Waals surface area contributed by atoms with Crippen molar-refractivity contribution in [3.63, 3.8) is 0 Å². The Morgan fingerprint density at radius 3 is 2.42 bits per heavy atom. The maximum Gasteiger partial charge on any atom is 0.0983 e. The van der Waals surface area contributed by atoms with Crippen molar-refractivity contribution in [1.29, 1.82) is 0 Å². The average Bonchev–Trinajstić information content (AvgIpc) is 1.82. The monoisotopic (exact) mass is 188 g/mol. The lowest BCUT2D eigenvalue weighted by Crippen LogP contribution is -2.65. The van der Waals surface area contributed by atoms with Crippen molar-refractivity contribution in [2.24, 2.45) is 5.41 Å². The number of nitrogens with one attached hydrogen (secondary N) is 1. The molecule has 4 heteroatoms. The molecule has 1 atom stereocenters. The van der Waals surface area contributed by atoms with Crippen molar-refractivity contribution in [2.75, 3.05) is 13.6 Å². The van der Waals surface area contributed by atoms with E-state index in [9.17, 15) is 5.11 Å². The van der Waals surface area contributed by atoms with Crippen LogP contribution in [0.3, 0.4) is 0 Å². The molecule has 0 radical (unpaired) electrons. The van der Waals surface area contributed by atoms with Crippen LogP contribution in [-0.2, 0) is 0 Å². The van der Waals surface area contributed by atoms with Crippen molar-refractivity contribution in [2.45, 2.75) is 26.4 Å². The summed E-state index contributed by atoms with van der Waals surface area (Å²) in [6.45, 7) is 6.31. The maximum absolute atomic E-state index is 10.1. The summed E-state index contributed by atoms with van der Waals surface area (Å²) >= 11 is 5.16. The van der Waals surface area contributed by atoms with Crippen LogP contribution in [0.15, 0.2) is 0 Å². The van der Waals surface area contributed by atoms with E-state index in [1.807, 2.05) is 32.8 Å². The van der Waals surface area contributed by atoms with E-state index in [0.29, 0.717) is 11.5 Å². The van der Waals surface area contributed by atoms with Crippen molar-refractivity contribution >= 4 is 17.2 Å². The molecule has 1 heterocycles. The quantitative estimate of drug-likeness (QED) is 0.544. The van der Waals surface area contributed by atoms with Crippen LogP contribution in [0.5, 0.6) is 0 Å². The Bertz CT molecular complexity index is 213. The summed E-state index contributed by atoms with van der Waals surface area (Å²) in [5.74, 6) is 0. The standard InChI is InChI=1S/C8H16N2OS/c1-7(2)6(12)9-10(4)5-8(7,3)11/h11H,5H2,1-4H3,(H,9,12). The molecule has 0 aromatic carbocycles. The zero-order valence-corrected chi connectivity index (χ0v) is 8.83. The van der Waals surface area contributed by atoms with Crippen LogP contribution < -0.4 is 5.43 Å². The van der Waals surface area contributed by atoms with Gasteiger partial charge < -0.3 is 10.5 Å². The number of likely N-dealkylation sites (N-methyl/N-ethyl adjacent to an activating group) is 1. The molecule has 1 saturated heterocycles. The first-order valence-electron chi connectivity index (χ1n) is 4.02. The molecule has 1 unspecified atom stereocenters. The molecule has 70 valence electrons. The van der Waals surface area contributed by atoms with Crippen molar-refractivity contribution in [3.8, 4) is 0 Å². The Morgan fingerprint density at radius 1 is 1.50 bits per heavy atom. The second-order valence-corrected chi connectivity index (χ2v) is 4.60. The summed E-state index contributed by atoms with van der Waals surface area (Å²) in [5.41, 5.74) is 1.92. The smallest absolute Gasteiger partial charge is 0.0983 e. The van der Waals surface area contributed by atoms with Gasteiger partial charge in [0.05, 0.1) is 10.6 Å². The van der Waals surface area contributed by atoms with Gasteiger partial charge in [-0.2, -0.15) is 0 Å². The van der Waals surface area contributed by atoms with Crippen LogP contribution in [0, 0.1) is 5.41 Å². The summed E-state index contributed by atoms with van der Waals surface area (Å²) in [4.78, 5) is 0.696. The first-order chi connectivity index (χ1) is 5.27. The fourth-order valence-corrected chi connectivity index (χ4v) is 1.63. The molecule has 2 N–H and O–H groups in total. The van der Waals surface area contributed by atoms with Crippen LogP contribution in [0.1, 0.15) is 20.8 Å². The number of β-amino-alcohol motifs (C(OH)–C–C–N with tert-alkyl or cyclic N) is 1. The second-order valence-electron chi connectivity index (χ2n) is 4.20. The van der Waals surface area contributed by atoms with Gasteiger partial charge in [0, 0.05) is 19.0 Å². The van der Waals surface area contributed by atoms with Gasteiger partial charge >= 0.3 is 0 Å². The number of hydrogen-bond donors (Lipinski definition) is 2. The SMILES string of the molecule is CN1CC(C)(O)C(C)(C)C(=S)N1. The number of rotatable bonds is 0. The Morgan fingerprint density at radius 2 is 2.00 bits per heavy atom. The van der Waals surface area contributed by atoms with Crippen molar-refractivity contribution in [1.82, 2.24) is 10.4 Å². The lowest BCUT2D eigenvalue weighted by molar-refractivity contribution is -0.0620. The average molecular weight is 188 g/mol. The van der Waals surface area contributed by atoms with Crippen molar-refractivity contribution in [3.05, 3.63) is 0 Å². The van der Waals surface area contributed by atoms with Gasteiger partial charge in [0.15, 0.2) is 0 Å². The fraction of sp³-hybridized carbons (Fsp3) is 0.875. The highest BCUT2D eigenvalue weighted by Crippen LogP contribution is 2.34. The van der Waals surface area contributed by atoms with E-state index in [1.54, 1.807) is 0 Å². The highest BCUT2D eigenvalue weighted by Gasteiger charge is 2.47. The third-order valence-electron chi connectivity index (χ3n) is 2.75. The molecular weight excluding hydrogens is 172 g/mol. The van der Waals surface area contributed by atoms with Gasteiger partial charge in [0.25, 0.3) is 0 Å².